The molecule has 5 aromatic rings. The first-order chi connectivity index (χ1) is 28.1. The number of aromatic hydroxyl groups is 2. The van der Waals surface area contributed by atoms with Crippen molar-refractivity contribution in [2.75, 3.05) is 0 Å². The van der Waals surface area contributed by atoms with Crippen LogP contribution in [0.15, 0.2) is 60.7 Å². The Hall–Kier alpha value is -5.36. The number of H-pyrrole nitrogens is 2. The van der Waals surface area contributed by atoms with E-state index in [0.29, 0.717) is 0 Å². The Morgan fingerprint density at radius 1 is 0.483 bits per heavy atom. The summed E-state index contributed by atoms with van der Waals surface area (Å²) in [5.41, 5.74) is 22.6. The number of aryl methyl sites for hydroxylation is 4. The van der Waals surface area contributed by atoms with Crippen LogP contribution in [0.4, 0.5) is 0 Å². The molecule has 0 atom stereocenters. The molecule has 4 N–H and O–H groups in total. The third-order valence-electron chi connectivity index (χ3n) is 12.5. The van der Waals surface area contributed by atoms with Crippen molar-refractivity contribution in [2.45, 2.75) is 132 Å². The van der Waals surface area contributed by atoms with E-state index in [1.54, 1.807) is 24.3 Å². The average Bonchev–Trinajstić information content (AvgIpc) is 3.89. The lowest BCUT2D eigenvalue weighted by Gasteiger charge is -2.09. The third kappa shape index (κ3) is 7.78. The first kappa shape index (κ1) is 40.8. The van der Waals surface area contributed by atoms with Gasteiger partial charge in [-0.15, -0.1) is 0 Å². The predicted molar refractivity (Wildman–Crippen MR) is 246 cm³/mol. The topological polar surface area (TPSA) is 97.8 Å². The second kappa shape index (κ2) is 17.6. The Bertz CT molecular complexity index is 2370. The highest BCUT2D eigenvalue weighted by atomic mass is 16.3. The summed E-state index contributed by atoms with van der Waals surface area (Å²) in [6, 6.07) is 19.9. The van der Waals surface area contributed by atoms with Gasteiger partial charge in [-0.2, -0.15) is 0 Å². The highest BCUT2D eigenvalue weighted by Crippen LogP contribution is 2.44. The zero-order valence-electron chi connectivity index (χ0n) is 36.0. The Kier molecular flexibility index (Phi) is 12.4. The maximum atomic E-state index is 10.5. The fraction of sp³-hybridized carbons (Fsp3) is 0.385. The lowest BCUT2D eigenvalue weighted by Crippen LogP contribution is -1.90. The number of nitrogens with zero attached hydrogens (tertiary/aromatic N) is 2. The summed E-state index contributed by atoms with van der Waals surface area (Å²) >= 11 is 0. The van der Waals surface area contributed by atoms with Gasteiger partial charge in [-0.05, 0) is 171 Å². The molecule has 5 heterocycles. The molecule has 2 aliphatic heterocycles. The van der Waals surface area contributed by atoms with Gasteiger partial charge in [-0.25, -0.2) is 9.97 Å². The van der Waals surface area contributed by atoms with Crippen LogP contribution in [0, 0.1) is 13.8 Å². The monoisotopic (exact) mass is 774 g/mol. The molecule has 7 rings (SSSR count). The first-order valence-corrected chi connectivity index (χ1v) is 21.9. The lowest BCUT2D eigenvalue weighted by atomic mass is 9.94. The predicted octanol–water partition coefficient (Wildman–Crippen LogP) is 14.6. The van der Waals surface area contributed by atoms with Crippen molar-refractivity contribution in [2.24, 2.45) is 0 Å². The van der Waals surface area contributed by atoms with Gasteiger partial charge in [0, 0.05) is 22.2 Å². The maximum absolute atomic E-state index is 10.5. The quantitative estimate of drug-likeness (QED) is 0.0903. The van der Waals surface area contributed by atoms with Gasteiger partial charge in [0.25, 0.3) is 0 Å². The normalized spacial score (nSPS) is 13.0. The van der Waals surface area contributed by atoms with Crippen LogP contribution in [-0.4, -0.2) is 30.1 Å². The molecule has 0 saturated carbocycles. The van der Waals surface area contributed by atoms with Crippen LogP contribution >= 0.6 is 0 Å². The molecule has 6 heteroatoms. The van der Waals surface area contributed by atoms with E-state index in [1.807, 2.05) is 24.3 Å². The zero-order chi connectivity index (χ0) is 41.1. The number of rotatable bonds is 14. The van der Waals surface area contributed by atoms with Crippen LogP contribution < -0.4 is 0 Å². The molecule has 2 aromatic carbocycles. The largest absolute Gasteiger partial charge is 0.508 e. The number of fused-ring (bicyclic) bond motifs is 8. The number of allylic oxidation sites excluding steroid dienone is 4. The molecule has 6 nitrogen and oxygen atoms in total. The van der Waals surface area contributed by atoms with Crippen LogP contribution in [0.1, 0.15) is 151 Å². The number of phenolic OH excluding ortho intramolecular Hbond substituents is 2. The van der Waals surface area contributed by atoms with Crippen LogP contribution in [0.3, 0.4) is 0 Å². The van der Waals surface area contributed by atoms with E-state index in [-0.39, 0.29) is 11.5 Å². The number of hydrogen-bond acceptors (Lipinski definition) is 4. The fourth-order valence-electron chi connectivity index (χ4n) is 9.02. The van der Waals surface area contributed by atoms with Crippen molar-refractivity contribution >= 4 is 44.4 Å². The van der Waals surface area contributed by atoms with Crippen molar-refractivity contribution in [1.82, 2.24) is 19.9 Å². The molecule has 8 bridgehead atoms. The number of aromatic amines is 2. The van der Waals surface area contributed by atoms with E-state index in [4.69, 9.17) is 9.97 Å². The van der Waals surface area contributed by atoms with Crippen LogP contribution in [-0.2, 0) is 12.8 Å². The van der Waals surface area contributed by atoms with Gasteiger partial charge >= 0.3 is 0 Å². The summed E-state index contributed by atoms with van der Waals surface area (Å²) in [7, 11) is 0. The number of unbranched alkanes of at least 4 members (excludes halogenated alkanes) is 4. The lowest BCUT2D eigenvalue weighted by molar-refractivity contribution is 0.475. The van der Waals surface area contributed by atoms with Crippen LogP contribution in [0.2, 0.25) is 0 Å². The van der Waals surface area contributed by atoms with E-state index < -0.39 is 0 Å². The summed E-state index contributed by atoms with van der Waals surface area (Å²) < 4.78 is 0. The molecule has 0 unspecified atom stereocenters. The summed E-state index contributed by atoms with van der Waals surface area (Å²) in [5.74, 6) is 0.495. The van der Waals surface area contributed by atoms with Crippen molar-refractivity contribution in [3.8, 4) is 33.8 Å². The number of phenols is 2. The fourth-order valence-corrected chi connectivity index (χ4v) is 9.02. The molecule has 0 amide bonds. The van der Waals surface area contributed by atoms with Gasteiger partial charge in [0.15, 0.2) is 0 Å². The molecular weight excluding hydrogens is 713 g/mol. The van der Waals surface area contributed by atoms with Gasteiger partial charge in [-0.1, -0.05) is 77.6 Å². The van der Waals surface area contributed by atoms with Crippen LogP contribution in [0.25, 0.3) is 66.6 Å². The molecule has 0 spiro atoms. The van der Waals surface area contributed by atoms with Gasteiger partial charge in [0.05, 0.1) is 33.8 Å². The Morgan fingerprint density at radius 3 is 1.17 bits per heavy atom. The third-order valence-corrected chi connectivity index (χ3v) is 12.5. The second-order valence-corrected chi connectivity index (χ2v) is 16.5. The number of benzene rings is 2. The molecule has 0 fully saturated rings. The minimum Gasteiger partial charge on any atom is -0.508 e. The summed E-state index contributed by atoms with van der Waals surface area (Å²) in [4.78, 5) is 19.3. The SMILES string of the molecule is CCCCC1=C(C)c2nc1cc1[nH]c(c(C)c1CCCC)c(-c1ccc(O)cc1)c1nc(cc3[nH]c(c(C)c3CCCC)c2-c2ccc(O)cc2)C(CCCC)=C1C. The molecular formula is C52H62N4O2. The summed E-state index contributed by atoms with van der Waals surface area (Å²) in [5, 5.41) is 20.9. The molecule has 2 aliphatic rings. The van der Waals surface area contributed by atoms with E-state index in [2.05, 4.69) is 77.5 Å². The van der Waals surface area contributed by atoms with Gasteiger partial charge in [0.1, 0.15) is 11.5 Å². The van der Waals surface area contributed by atoms with Crippen LogP contribution in [0.5, 0.6) is 11.5 Å². The Morgan fingerprint density at radius 2 is 0.828 bits per heavy atom. The summed E-state index contributed by atoms with van der Waals surface area (Å²) in [6.45, 7) is 18.1. The summed E-state index contributed by atoms with van der Waals surface area (Å²) in [6.07, 6.45) is 12.5. The Labute approximate surface area is 345 Å². The van der Waals surface area contributed by atoms with Crippen molar-refractivity contribution < 1.29 is 10.2 Å². The smallest absolute Gasteiger partial charge is 0.115 e. The number of aromatic nitrogens is 4. The highest BCUT2D eigenvalue weighted by molar-refractivity contribution is 6.03. The van der Waals surface area contributed by atoms with E-state index in [1.165, 1.54) is 44.5 Å². The molecule has 0 radical (unpaired) electrons. The van der Waals surface area contributed by atoms with E-state index in [9.17, 15) is 10.2 Å². The van der Waals surface area contributed by atoms with Crippen molar-refractivity contribution in [3.63, 3.8) is 0 Å². The highest BCUT2D eigenvalue weighted by Gasteiger charge is 2.26. The molecule has 58 heavy (non-hydrogen) atoms. The number of hydrogen-bond donors (Lipinski definition) is 4. The van der Waals surface area contributed by atoms with Gasteiger partial charge in [0.2, 0.25) is 0 Å². The van der Waals surface area contributed by atoms with E-state index in [0.717, 1.165) is 144 Å². The molecule has 0 saturated heterocycles. The standard InChI is InChI=1S/C52H62N4O2/c1-9-13-17-39-31(5)49-47(35-21-25-37(57)26-22-35)50-33(7)41(19-15-11-3)45(55-50)30-46-42(20-16-12-4)34(8)52(56-46)48(36-23-27-38(58)28-24-36)51-32(6)40(18-14-10-2)44(54-51)29-43(39)53-49/h21-30,53,56-58H,9-20H2,1-8H3. The van der Waals surface area contributed by atoms with E-state index >= 15 is 0 Å². The van der Waals surface area contributed by atoms with Crippen molar-refractivity contribution in [1.29, 1.82) is 0 Å². The average molecular weight is 775 g/mol. The maximum Gasteiger partial charge on any atom is 0.115 e. The zero-order valence-corrected chi connectivity index (χ0v) is 36.0. The second-order valence-electron chi connectivity index (χ2n) is 16.5. The first-order valence-electron chi connectivity index (χ1n) is 21.9. The number of nitrogens with one attached hydrogen (secondary N) is 2. The van der Waals surface area contributed by atoms with Gasteiger partial charge < -0.3 is 20.2 Å². The minimum absolute atomic E-state index is 0.248. The van der Waals surface area contributed by atoms with Crippen molar-refractivity contribution in [3.05, 3.63) is 106 Å². The van der Waals surface area contributed by atoms with Gasteiger partial charge in [-0.3, -0.25) is 0 Å². The molecule has 3 aromatic heterocycles. The molecule has 302 valence electrons. The molecule has 0 aliphatic carbocycles. The Balaban J connectivity index is 1.75. The minimum atomic E-state index is 0.248.